The highest BCUT2D eigenvalue weighted by Crippen LogP contribution is 2.12. The van der Waals surface area contributed by atoms with Crippen LogP contribution < -0.4 is 5.73 Å². The molecule has 0 saturated heterocycles. The molecule has 0 radical (unpaired) electrons. The van der Waals surface area contributed by atoms with Crippen LogP contribution in [0.25, 0.3) is 0 Å². The summed E-state index contributed by atoms with van der Waals surface area (Å²) in [5, 5.41) is 0. The van der Waals surface area contributed by atoms with E-state index in [1.807, 2.05) is 6.92 Å². The van der Waals surface area contributed by atoms with E-state index in [9.17, 15) is 0 Å². The van der Waals surface area contributed by atoms with Crippen LogP contribution in [0, 0.1) is 6.92 Å². The maximum atomic E-state index is 6.15. The summed E-state index contributed by atoms with van der Waals surface area (Å²) >= 11 is 0. The molecule has 0 aromatic heterocycles. The van der Waals surface area contributed by atoms with Crippen molar-refractivity contribution in [3.63, 3.8) is 0 Å². The van der Waals surface area contributed by atoms with Gasteiger partial charge in [-0.1, -0.05) is 42.0 Å². The molecule has 0 aliphatic heterocycles. The molecule has 2 N–H and O–H groups in total. The van der Waals surface area contributed by atoms with Gasteiger partial charge in [-0.05, 0) is 26.5 Å². The summed E-state index contributed by atoms with van der Waals surface area (Å²) in [5.41, 5.74) is 9.78. The second-order valence-electron chi connectivity index (χ2n) is 4.67. The molecular weight excluding hydrogens is 196 g/mol. The second kappa shape index (κ2) is 5.83. The summed E-state index contributed by atoms with van der Waals surface area (Å²) in [7, 11) is 2.07. The van der Waals surface area contributed by atoms with Crippen LogP contribution >= 0.6 is 0 Å². The normalized spacial score (nSPS) is 12.8. The summed E-state index contributed by atoms with van der Waals surface area (Å²) in [6.45, 7) is 9.79. The Morgan fingerprint density at radius 2 is 1.94 bits per heavy atom. The summed E-state index contributed by atoms with van der Waals surface area (Å²) in [6.07, 6.45) is 0. The van der Waals surface area contributed by atoms with E-state index in [-0.39, 0.29) is 6.04 Å². The lowest BCUT2D eigenvalue weighted by Gasteiger charge is -2.21. The van der Waals surface area contributed by atoms with E-state index in [2.05, 4.69) is 49.7 Å². The highest BCUT2D eigenvalue weighted by Gasteiger charge is 2.08. The molecule has 2 nitrogen and oxygen atoms in total. The molecule has 16 heavy (non-hydrogen) atoms. The lowest BCUT2D eigenvalue weighted by atomic mass is 10.1. The van der Waals surface area contributed by atoms with Crippen LogP contribution in [-0.4, -0.2) is 25.0 Å². The minimum atomic E-state index is 0.0740. The van der Waals surface area contributed by atoms with Crippen LogP contribution in [0.5, 0.6) is 0 Å². The van der Waals surface area contributed by atoms with Crippen molar-refractivity contribution in [1.82, 2.24) is 4.90 Å². The minimum absolute atomic E-state index is 0.0740. The third-order valence-corrected chi connectivity index (χ3v) is 2.55. The number of hydrogen-bond acceptors (Lipinski definition) is 2. The molecule has 2 heteroatoms. The van der Waals surface area contributed by atoms with Crippen molar-refractivity contribution in [3.8, 4) is 0 Å². The van der Waals surface area contributed by atoms with Gasteiger partial charge in [0.1, 0.15) is 0 Å². The Morgan fingerprint density at radius 3 is 2.44 bits per heavy atom. The van der Waals surface area contributed by atoms with Gasteiger partial charge in [0.2, 0.25) is 0 Å². The molecule has 0 heterocycles. The van der Waals surface area contributed by atoms with Crippen LogP contribution in [0.2, 0.25) is 0 Å². The van der Waals surface area contributed by atoms with Gasteiger partial charge in [-0.3, -0.25) is 0 Å². The standard InChI is InChI=1S/C14H22N2/c1-11(2)9-16(4)10-14(15)13-7-5-12(3)6-8-13/h5-8,14H,1,9-10,15H2,2-4H3. The molecular formula is C14H22N2. The van der Waals surface area contributed by atoms with Crippen molar-refractivity contribution in [2.24, 2.45) is 5.73 Å². The van der Waals surface area contributed by atoms with Crippen molar-refractivity contribution < 1.29 is 0 Å². The van der Waals surface area contributed by atoms with E-state index in [0.29, 0.717) is 0 Å². The van der Waals surface area contributed by atoms with Crippen LogP contribution in [-0.2, 0) is 0 Å². The van der Waals surface area contributed by atoms with Crippen molar-refractivity contribution in [2.45, 2.75) is 19.9 Å². The zero-order valence-electron chi connectivity index (χ0n) is 10.5. The Bertz CT molecular complexity index is 340. The van der Waals surface area contributed by atoms with E-state index in [1.54, 1.807) is 0 Å². The Balaban J connectivity index is 2.54. The molecule has 0 amide bonds. The van der Waals surface area contributed by atoms with Gasteiger partial charge in [0.05, 0.1) is 0 Å². The summed E-state index contributed by atoms with van der Waals surface area (Å²) in [6, 6.07) is 8.50. The van der Waals surface area contributed by atoms with Gasteiger partial charge in [0.25, 0.3) is 0 Å². The molecule has 0 aliphatic rings. The quantitative estimate of drug-likeness (QED) is 0.769. The molecule has 0 spiro atoms. The van der Waals surface area contributed by atoms with Gasteiger partial charge in [0.15, 0.2) is 0 Å². The molecule has 0 saturated carbocycles. The Morgan fingerprint density at radius 1 is 1.38 bits per heavy atom. The fourth-order valence-electron chi connectivity index (χ4n) is 1.78. The van der Waals surface area contributed by atoms with E-state index in [0.717, 1.165) is 13.1 Å². The van der Waals surface area contributed by atoms with Crippen LogP contribution in [0.1, 0.15) is 24.1 Å². The predicted octanol–water partition coefficient (Wildman–Crippen LogP) is 2.50. The van der Waals surface area contributed by atoms with E-state index >= 15 is 0 Å². The number of benzene rings is 1. The number of hydrogen-bond donors (Lipinski definition) is 1. The summed E-state index contributed by atoms with van der Waals surface area (Å²) < 4.78 is 0. The molecule has 1 aromatic carbocycles. The largest absolute Gasteiger partial charge is 0.323 e. The molecule has 1 atom stereocenters. The Hall–Kier alpha value is -1.12. The second-order valence-corrected chi connectivity index (χ2v) is 4.67. The molecule has 88 valence electrons. The van der Waals surface area contributed by atoms with Crippen molar-refractivity contribution in [3.05, 3.63) is 47.5 Å². The zero-order chi connectivity index (χ0) is 12.1. The zero-order valence-corrected chi connectivity index (χ0v) is 10.5. The maximum absolute atomic E-state index is 6.15. The van der Waals surface area contributed by atoms with E-state index < -0.39 is 0 Å². The third kappa shape index (κ3) is 4.17. The van der Waals surface area contributed by atoms with Gasteiger partial charge >= 0.3 is 0 Å². The molecule has 0 aliphatic carbocycles. The van der Waals surface area contributed by atoms with Gasteiger partial charge in [-0.25, -0.2) is 0 Å². The topological polar surface area (TPSA) is 29.3 Å². The summed E-state index contributed by atoms with van der Waals surface area (Å²) in [5.74, 6) is 0. The van der Waals surface area contributed by atoms with Gasteiger partial charge < -0.3 is 10.6 Å². The van der Waals surface area contributed by atoms with Gasteiger partial charge in [-0.15, -0.1) is 0 Å². The first-order valence-corrected chi connectivity index (χ1v) is 5.64. The molecule has 0 fully saturated rings. The first-order valence-electron chi connectivity index (χ1n) is 5.64. The smallest absolute Gasteiger partial charge is 0.0424 e. The fraction of sp³-hybridized carbons (Fsp3) is 0.429. The Kier molecular flexibility index (Phi) is 4.71. The van der Waals surface area contributed by atoms with Crippen molar-refractivity contribution in [1.29, 1.82) is 0 Å². The van der Waals surface area contributed by atoms with Crippen LogP contribution in [0.3, 0.4) is 0 Å². The van der Waals surface area contributed by atoms with E-state index in [4.69, 9.17) is 5.73 Å². The van der Waals surface area contributed by atoms with Crippen molar-refractivity contribution in [2.75, 3.05) is 20.1 Å². The average molecular weight is 218 g/mol. The number of rotatable bonds is 5. The molecule has 0 bridgehead atoms. The third-order valence-electron chi connectivity index (χ3n) is 2.55. The highest BCUT2D eigenvalue weighted by molar-refractivity contribution is 5.24. The predicted molar refractivity (Wildman–Crippen MR) is 70.4 cm³/mol. The number of nitrogens with zero attached hydrogens (tertiary/aromatic N) is 1. The highest BCUT2D eigenvalue weighted by atomic mass is 15.1. The SMILES string of the molecule is C=C(C)CN(C)CC(N)c1ccc(C)cc1. The maximum Gasteiger partial charge on any atom is 0.0424 e. The fourth-order valence-corrected chi connectivity index (χ4v) is 1.78. The molecule has 1 unspecified atom stereocenters. The Labute approximate surface area is 98.8 Å². The van der Waals surface area contributed by atoms with Gasteiger partial charge in [-0.2, -0.15) is 0 Å². The van der Waals surface area contributed by atoms with Crippen LogP contribution in [0.4, 0.5) is 0 Å². The number of nitrogens with two attached hydrogens (primary N) is 1. The van der Waals surface area contributed by atoms with E-state index in [1.165, 1.54) is 16.7 Å². The number of aryl methyl sites for hydroxylation is 1. The van der Waals surface area contributed by atoms with Crippen molar-refractivity contribution >= 4 is 0 Å². The molecule has 1 aromatic rings. The first kappa shape index (κ1) is 12.9. The van der Waals surface area contributed by atoms with Gasteiger partial charge in [0, 0.05) is 19.1 Å². The van der Waals surface area contributed by atoms with Crippen LogP contribution in [0.15, 0.2) is 36.4 Å². The lowest BCUT2D eigenvalue weighted by Crippen LogP contribution is -2.30. The first-order chi connectivity index (χ1) is 7.49. The lowest BCUT2D eigenvalue weighted by molar-refractivity contribution is 0.337. The summed E-state index contributed by atoms with van der Waals surface area (Å²) in [4.78, 5) is 2.20. The number of likely N-dealkylation sites (N-methyl/N-ethyl adjacent to an activating group) is 1. The minimum Gasteiger partial charge on any atom is -0.323 e. The average Bonchev–Trinajstić information content (AvgIpc) is 2.16. The monoisotopic (exact) mass is 218 g/mol. The molecule has 1 rings (SSSR count).